The average molecular weight is 653 g/mol. The van der Waals surface area contributed by atoms with Crippen LogP contribution in [0.15, 0.2) is 0 Å². The molecule has 1 unspecified atom stereocenters. The maximum Gasteiger partial charge on any atom is 0.306 e. The molecule has 0 rings (SSSR count). The van der Waals surface area contributed by atoms with Crippen molar-refractivity contribution in [3.05, 3.63) is 0 Å². The Morgan fingerprint density at radius 2 is 0.717 bits per heavy atom. The second kappa shape index (κ2) is 40.6. The summed E-state index contributed by atoms with van der Waals surface area (Å²) in [4.78, 5) is 12.2. The molecular weight excluding hydrogens is 568 g/mol. The molecule has 0 aliphatic heterocycles. The molecule has 4 heteroatoms. The maximum atomic E-state index is 12.2. The van der Waals surface area contributed by atoms with E-state index in [4.69, 9.17) is 9.47 Å². The lowest BCUT2D eigenvalue weighted by atomic mass is 10.0. The normalized spacial score (nSPS) is 12.2. The summed E-state index contributed by atoms with van der Waals surface area (Å²) < 4.78 is 11.2. The summed E-state index contributed by atoms with van der Waals surface area (Å²) in [6.45, 7) is 5.40. The van der Waals surface area contributed by atoms with E-state index in [1.165, 1.54) is 199 Å². The molecule has 0 bridgehead atoms. The zero-order chi connectivity index (χ0) is 33.4. The van der Waals surface area contributed by atoms with Gasteiger partial charge in [0.05, 0.1) is 13.2 Å². The largest absolute Gasteiger partial charge is 0.457 e. The van der Waals surface area contributed by atoms with E-state index in [1.807, 2.05) is 0 Å². The van der Waals surface area contributed by atoms with Crippen molar-refractivity contribution in [1.29, 1.82) is 0 Å². The van der Waals surface area contributed by atoms with Crippen LogP contribution in [0.4, 0.5) is 0 Å². The fourth-order valence-corrected chi connectivity index (χ4v) is 6.51. The van der Waals surface area contributed by atoms with E-state index in [0.717, 1.165) is 19.3 Å². The Kier molecular flexibility index (Phi) is 40.0. The molecule has 0 aliphatic carbocycles. The first-order valence-corrected chi connectivity index (χ1v) is 21.1. The molecule has 46 heavy (non-hydrogen) atoms. The minimum atomic E-state index is -0.524. The van der Waals surface area contributed by atoms with E-state index in [2.05, 4.69) is 13.8 Å². The van der Waals surface area contributed by atoms with Gasteiger partial charge in [-0.15, -0.1) is 0 Å². The monoisotopic (exact) mass is 653 g/mol. The van der Waals surface area contributed by atoms with Crippen LogP contribution in [-0.4, -0.2) is 37.0 Å². The van der Waals surface area contributed by atoms with E-state index in [9.17, 15) is 9.90 Å². The number of carbonyl (C=O) groups excluding carboxylic acids is 1. The first kappa shape index (κ1) is 45.4. The smallest absolute Gasteiger partial charge is 0.306 e. The van der Waals surface area contributed by atoms with Gasteiger partial charge in [0.15, 0.2) is 0 Å². The molecule has 0 radical (unpaired) electrons. The van der Waals surface area contributed by atoms with Crippen LogP contribution in [0, 0.1) is 0 Å². The fourth-order valence-electron chi connectivity index (χ4n) is 6.51. The van der Waals surface area contributed by atoms with Crippen molar-refractivity contribution in [2.45, 2.75) is 245 Å². The number of esters is 1. The van der Waals surface area contributed by atoms with Gasteiger partial charge in [-0.05, 0) is 12.8 Å². The highest BCUT2D eigenvalue weighted by atomic mass is 16.6. The maximum absolute atomic E-state index is 12.2. The molecule has 0 spiro atoms. The van der Waals surface area contributed by atoms with Crippen LogP contribution >= 0.6 is 0 Å². The Hall–Kier alpha value is -0.610. The highest BCUT2D eigenvalue weighted by molar-refractivity contribution is 5.69. The third kappa shape index (κ3) is 37.8. The lowest BCUT2D eigenvalue weighted by Crippen LogP contribution is -2.27. The topological polar surface area (TPSA) is 55.8 Å². The number of hydrogen-bond donors (Lipinski definition) is 1. The Morgan fingerprint density at radius 1 is 0.435 bits per heavy atom. The number of unbranched alkanes of at least 4 members (excludes halogenated alkanes) is 32. The SMILES string of the molecule is CCCCCCCCCCCCCCCCCCCCCCC(=O)OC(CO)COCCCCCCCCCCCCCCCC. The van der Waals surface area contributed by atoms with Crippen molar-refractivity contribution in [3.63, 3.8) is 0 Å². The van der Waals surface area contributed by atoms with Crippen LogP contribution in [0.25, 0.3) is 0 Å². The number of rotatable bonds is 40. The van der Waals surface area contributed by atoms with Gasteiger partial charge in [-0.25, -0.2) is 0 Å². The van der Waals surface area contributed by atoms with Crippen LogP contribution in [0.5, 0.6) is 0 Å². The summed E-state index contributed by atoms with van der Waals surface area (Å²) in [6, 6.07) is 0. The van der Waals surface area contributed by atoms with Gasteiger partial charge >= 0.3 is 5.97 Å². The second-order valence-electron chi connectivity index (χ2n) is 14.4. The molecule has 0 amide bonds. The quantitative estimate of drug-likeness (QED) is 0.0528. The van der Waals surface area contributed by atoms with Crippen molar-refractivity contribution in [1.82, 2.24) is 0 Å². The van der Waals surface area contributed by atoms with Crippen LogP contribution in [0.1, 0.15) is 239 Å². The van der Waals surface area contributed by atoms with E-state index in [1.54, 1.807) is 0 Å². The van der Waals surface area contributed by atoms with E-state index >= 15 is 0 Å². The van der Waals surface area contributed by atoms with Crippen LogP contribution in [-0.2, 0) is 14.3 Å². The summed E-state index contributed by atoms with van der Waals surface area (Å²) in [5.41, 5.74) is 0. The summed E-state index contributed by atoms with van der Waals surface area (Å²) >= 11 is 0. The summed E-state index contributed by atoms with van der Waals surface area (Å²) in [7, 11) is 0. The third-order valence-electron chi connectivity index (χ3n) is 9.68. The molecule has 1 atom stereocenters. The van der Waals surface area contributed by atoms with Crippen molar-refractivity contribution < 1.29 is 19.4 Å². The standard InChI is InChI=1S/C42H84O4/c1-3-5-7-9-11-13-15-17-19-20-21-22-23-24-25-27-29-31-33-35-37-42(44)46-41(39-43)40-45-38-36-34-32-30-28-26-18-16-14-12-10-8-6-4-2/h41,43H,3-40H2,1-2H3. The fraction of sp³-hybridized carbons (Fsp3) is 0.976. The summed E-state index contributed by atoms with van der Waals surface area (Å²) in [5.74, 6) is -0.193. The Bertz CT molecular complexity index is 566. The van der Waals surface area contributed by atoms with Crippen molar-refractivity contribution in [2.24, 2.45) is 0 Å². The van der Waals surface area contributed by atoms with Gasteiger partial charge in [0, 0.05) is 13.0 Å². The van der Waals surface area contributed by atoms with Gasteiger partial charge in [-0.2, -0.15) is 0 Å². The predicted octanol–water partition coefficient (Wildman–Crippen LogP) is 13.6. The zero-order valence-corrected chi connectivity index (χ0v) is 31.6. The molecule has 0 aromatic rings. The lowest BCUT2D eigenvalue weighted by Gasteiger charge is -2.16. The Labute approximate surface area is 289 Å². The van der Waals surface area contributed by atoms with Gasteiger partial charge in [0.1, 0.15) is 6.10 Å². The van der Waals surface area contributed by atoms with E-state index in [0.29, 0.717) is 19.6 Å². The van der Waals surface area contributed by atoms with Crippen molar-refractivity contribution in [2.75, 3.05) is 19.8 Å². The predicted molar refractivity (Wildman–Crippen MR) is 201 cm³/mol. The Balaban J connectivity index is 3.35. The molecule has 0 aliphatic rings. The van der Waals surface area contributed by atoms with Gasteiger partial charge < -0.3 is 14.6 Å². The average Bonchev–Trinajstić information content (AvgIpc) is 3.06. The molecule has 0 heterocycles. The van der Waals surface area contributed by atoms with Gasteiger partial charge in [-0.1, -0.05) is 219 Å². The molecule has 0 fully saturated rings. The lowest BCUT2D eigenvalue weighted by molar-refractivity contribution is -0.154. The highest BCUT2D eigenvalue weighted by Gasteiger charge is 2.13. The van der Waals surface area contributed by atoms with Crippen molar-refractivity contribution in [3.8, 4) is 0 Å². The number of ether oxygens (including phenoxy) is 2. The minimum Gasteiger partial charge on any atom is -0.457 e. The first-order valence-electron chi connectivity index (χ1n) is 21.1. The molecule has 276 valence electrons. The highest BCUT2D eigenvalue weighted by Crippen LogP contribution is 2.16. The van der Waals surface area contributed by atoms with Crippen LogP contribution in [0.2, 0.25) is 0 Å². The Morgan fingerprint density at radius 3 is 1.02 bits per heavy atom. The molecule has 0 saturated carbocycles. The summed E-state index contributed by atoms with van der Waals surface area (Å²) in [5, 5.41) is 9.58. The molecule has 1 N–H and O–H groups in total. The van der Waals surface area contributed by atoms with Gasteiger partial charge in [0.2, 0.25) is 0 Å². The summed E-state index contributed by atoms with van der Waals surface area (Å²) in [6.07, 6.45) is 45.9. The van der Waals surface area contributed by atoms with Crippen molar-refractivity contribution >= 4 is 5.97 Å². The number of aliphatic hydroxyl groups excluding tert-OH is 1. The number of carbonyl (C=O) groups is 1. The molecule has 4 nitrogen and oxygen atoms in total. The molecule has 0 saturated heterocycles. The van der Waals surface area contributed by atoms with Gasteiger partial charge in [-0.3, -0.25) is 4.79 Å². The van der Waals surface area contributed by atoms with Crippen LogP contribution in [0.3, 0.4) is 0 Å². The van der Waals surface area contributed by atoms with Crippen LogP contribution < -0.4 is 0 Å². The molecule has 0 aromatic carbocycles. The second-order valence-corrected chi connectivity index (χ2v) is 14.4. The zero-order valence-electron chi connectivity index (χ0n) is 31.6. The minimum absolute atomic E-state index is 0.163. The van der Waals surface area contributed by atoms with E-state index < -0.39 is 6.10 Å². The first-order chi connectivity index (χ1) is 22.7. The number of hydrogen-bond acceptors (Lipinski definition) is 4. The number of aliphatic hydroxyl groups is 1. The van der Waals surface area contributed by atoms with Gasteiger partial charge in [0.25, 0.3) is 0 Å². The van der Waals surface area contributed by atoms with E-state index in [-0.39, 0.29) is 12.6 Å². The molecular formula is C42H84O4. The third-order valence-corrected chi connectivity index (χ3v) is 9.68. The molecule has 0 aromatic heterocycles.